The molecular weight excluding hydrogens is 473 g/mol. The number of fused-ring (bicyclic) bond motifs is 1. The van der Waals surface area contributed by atoms with Crippen molar-refractivity contribution in [3.63, 3.8) is 0 Å². The number of rotatable bonds is 6. The van der Waals surface area contributed by atoms with Gasteiger partial charge in [0.2, 0.25) is 0 Å². The third-order valence-corrected chi connectivity index (χ3v) is 7.65. The zero-order valence-corrected chi connectivity index (χ0v) is 21.1. The molecule has 0 bridgehead atoms. The van der Waals surface area contributed by atoms with Crippen LogP contribution < -0.4 is 4.74 Å². The van der Waals surface area contributed by atoms with Crippen LogP contribution in [0.4, 0.5) is 4.39 Å². The van der Waals surface area contributed by atoms with E-state index in [1.165, 1.54) is 19.2 Å². The molecule has 7 nitrogen and oxygen atoms in total. The summed E-state index contributed by atoms with van der Waals surface area (Å²) in [6.45, 7) is 2.42. The quantitative estimate of drug-likeness (QED) is 0.392. The predicted octanol–water partition coefficient (Wildman–Crippen LogP) is 4.61. The highest BCUT2D eigenvalue weighted by molar-refractivity contribution is 6.45. The summed E-state index contributed by atoms with van der Waals surface area (Å²) in [4.78, 5) is 46.0. The molecule has 5 rings (SSSR count). The summed E-state index contributed by atoms with van der Waals surface area (Å²) in [6.07, 6.45) is 6.99. The molecule has 2 aliphatic rings. The Hall–Kier alpha value is -3.68. The summed E-state index contributed by atoms with van der Waals surface area (Å²) in [5.41, 5.74) is 2.40. The third-order valence-electron chi connectivity index (χ3n) is 7.65. The lowest BCUT2D eigenvalue weighted by Crippen LogP contribution is -2.40. The van der Waals surface area contributed by atoms with Gasteiger partial charge in [0.05, 0.1) is 18.2 Å². The molecule has 0 radical (unpaired) electrons. The Balaban J connectivity index is 1.32. The van der Waals surface area contributed by atoms with Crippen molar-refractivity contribution in [2.24, 2.45) is 5.92 Å². The number of hydrogen-bond acceptors (Lipinski definition) is 4. The summed E-state index contributed by atoms with van der Waals surface area (Å²) in [6, 6.07) is 9.99. The van der Waals surface area contributed by atoms with Crippen LogP contribution in [0.25, 0.3) is 10.9 Å². The Labute approximate surface area is 215 Å². The number of likely N-dealkylation sites (tertiary alicyclic amines) is 2. The number of nitrogens with zero attached hydrogens (tertiary/aromatic N) is 2. The number of nitrogens with one attached hydrogen (secondary N) is 1. The maximum absolute atomic E-state index is 13.5. The largest absolute Gasteiger partial charge is 0.496 e. The van der Waals surface area contributed by atoms with E-state index in [4.69, 9.17) is 4.74 Å². The molecule has 0 spiro atoms. The van der Waals surface area contributed by atoms with Gasteiger partial charge >= 0.3 is 0 Å². The van der Waals surface area contributed by atoms with E-state index in [-0.39, 0.29) is 17.3 Å². The standard InChI is InChI=1S/C29H32FN3O4/c1-37-26-17-25-22(24(18-31-25)27(34)29(36)32-11-3-2-4-12-32)16-23(26)28(35)33-13-9-20(10-14-33)15-19-5-7-21(30)8-6-19/h5-8,16-18,20,31H,2-4,9-15H2,1H3. The van der Waals surface area contributed by atoms with Crippen molar-refractivity contribution in [2.75, 3.05) is 33.3 Å². The average Bonchev–Trinajstić information content (AvgIpc) is 3.36. The number of benzene rings is 2. The lowest BCUT2D eigenvalue weighted by Gasteiger charge is -2.32. The number of halogens is 1. The highest BCUT2D eigenvalue weighted by Gasteiger charge is 2.29. The SMILES string of the molecule is COc1cc2[nH]cc(C(=O)C(=O)N3CCCCC3)c2cc1C(=O)N1CCC(Cc2ccc(F)cc2)CC1. The first-order valence-corrected chi connectivity index (χ1v) is 13.0. The molecule has 37 heavy (non-hydrogen) atoms. The van der Waals surface area contributed by atoms with E-state index in [9.17, 15) is 18.8 Å². The van der Waals surface area contributed by atoms with Crippen LogP contribution in [0.3, 0.4) is 0 Å². The van der Waals surface area contributed by atoms with Crippen LogP contribution in [0.1, 0.15) is 58.4 Å². The number of methoxy groups -OCH3 is 1. The molecule has 0 saturated carbocycles. The summed E-state index contributed by atoms with van der Waals surface area (Å²) in [5, 5.41) is 0.547. The molecule has 2 saturated heterocycles. The van der Waals surface area contributed by atoms with Gasteiger partial charge in [0.15, 0.2) is 0 Å². The van der Waals surface area contributed by atoms with Gasteiger partial charge in [-0.15, -0.1) is 0 Å². The van der Waals surface area contributed by atoms with E-state index in [0.717, 1.165) is 44.1 Å². The van der Waals surface area contributed by atoms with Crippen molar-refractivity contribution in [2.45, 2.75) is 38.5 Å². The fraction of sp³-hybridized carbons (Fsp3) is 0.414. The molecule has 1 aromatic heterocycles. The van der Waals surface area contributed by atoms with Crippen molar-refractivity contribution >= 4 is 28.5 Å². The van der Waals surface area contributed by atoms with Crippen molar-refractivity contribution in [3.05, 3.63) is 65.1 Å². The lowest BCUT2D eigenvalue weighted by atomic mass is 9.90. The third kappa shape index (κ3) is 5.24. The normalized spacial score (nSPS) is 16.7. The minimum absolute atomic E-state index is 0.152. The molecule has 1 N–H and O–H groups in total. The van der Waals surface area contributed by atoms with E-state index < -0.39 is 11.7 Å². The van der Waals surface area contributed by atoms with Gasteiger partial charge in [-0.1, -0.05) is 12.1 Å². The molecule has 2 amide bonds. The van der Waals surface area contributed by atoms with Crippen LogP contribution >= 0.6 is 0 Å². The molecule has 2 aromatic carbocycles. The molecule has 2 aliphatic heterocycles. The number of ketones is 1. The van der Waals surface area contributed by atoms with Crippen LogP contribution in [0.15, 0.2) is 42.6 Å². The minimum Gasteiger partial charge on any atom is -0.496 e. The molecule has 0 atom stereocenters. The molecule has 0 unspecified atom stereocenters. The van der Waals surface area contributed by atoms with Gasteiger partial charge in [-0.05, 0) is 68.2 Å². The van der Waals surface area contributed by atoms with Crippen LogP contribution in [-0.2, 0) is 11.2 Å². The highest BCUT2D eigenvalue weighted by atomic mass is 19.1. The second kappa shape index (κ2) is 10.7. The molecule has 3 heterocycles. The smallest absolute Gasteiger partial charge is 0.295 e. The van der Waals surface area contributed by atoms with Crippen LogP contribution in [-0.4, -0.2) is 65.7 Å². The number of aromatic amines is 1. The van der Waals surface area contributed by atoms with Gasteiger partial charge in [-0.2, -0.15) is 0 Å². The van der Waals surface area contributed by atoms with Crippen molar-refractivity contribution in [1.82, 2.24) is 14.8 Å². The highest BCUT2D eigenvalue weighted by Crippen LogP contribution is 2.31. The van der Waals surface area contributed by atoms with Crippen LogP contribution in [0, 0.1) is 11.7 Å². The summed E-state index contributed by atoms with van der Waals surface area (Å²) < 4.78 is 18.7. The first-order chi connectivity index (χ1) is 17.9. The number of hydrogen-bond donors (Lipinski definition) is 1. The van der Waals surface area contributed by atoms with Crippen molar-refractivity contribution < 1.29 is 23.5 Å². The first kappa shape index (κ1) is 25.0. The minimum atomic E-state index is -0.557. The Bertz CT molecular complexity index is 1300. The monoisotopic (exact) mass is 505 g/mol. The lowest BCUT2D eigenvalue weighted by molar-refractivity contribution is -0.127. The molecule has 8 heteroatoms. The maximum atomic E-state index is 13.5. The number of piperidine rings is 2. The topological polar surface area (TPSA) is 82.7 Å². The van der Waals surface area contributed by atoms with E-state index >= 15 is 0 Å². The molecule has 2 fully saturated rings. The predicted molar refractivity (Wildman–Crippen MR) is 138 cm³/mol. The molecule has 194 valence electrons. The zero-order chi connectivity index (χ0) is 25.9. The number of ether oxygens (including phenoxy) is 1. The van der Waals surface area contributed by atoms with Gasteiger partial charge < -0.3 is 19.5 Å². The second-order valence-electron chi connectivity index (χ2n) is 10.0. The van der Waals surface area contributed by atoms with Gasteiger partial charge in [0, 0.05) is 49.3 Å². The number of carbonyl (C=O) groups excluding carboxylic acids is 3. The fourth-order valence-corrected chi connectivity index (χ4v) is 5.49. The number of Topliss-reactive ketones (excluding diaryl/α,β-unsaturated/α-hetero) is 1. The number of aromatic nitrogens is 1. The van der Waals surface area contributed by atoms with E-state index in [1.54, 1.807) is 23.2 Å². The summed E-state index contributed by atoms with van der Waals surface area (Å²) in [7, 11) is 1.52. The van der Waals surface area contributed by atoms with Gasteiger partial charge in [0.25, 0.3) is 17.6 Å². The molecular formula is C29H32FN3O4. The second-order valence-corrected chi connectivity index (χ2v) is 10.0. The van der Waals surface area contributed by atoms with Crippen LogP contribution in [0.5, 0.6) is 5.75 Å². The Morgan fingerprint density at radius 2 is 1.65 bits per heavy atom. The number of carbonyl (C=O) groups is 3. The van der Waals surface area contributed by atoms with Gasteiger partial charge in [-0.25, -0.2) is 4.39 Å². The van der Waals surface area contributed by atoms with E-state index in [1.807, 2.05) is 17.0 Å². The Morgan fingerprint density at radius 1 is 0.946 bits per heavy atom. The first-order valence-electron chi connectivity index (χ1n) is 13.0. The van der Waals surface area contributed by atoms with Gasteiger partial charge in [-0.3, -0.25) is 14.4 Å². The van der Waals surface area contributed by atoms with Crippen LogP contribution in [0.2, 0.25) is 0 Å². The maximum Gasteiger partial charge on any atom is 0.295 e. The Morgan fingerprint density at radius 3 is 2.32 bits per heavy atom. The van der Waals surface area contributed by atoms with E-state index in [2.05, 4.69) is 4.98 Å². The zero-order valence-electron chi connectivity index (χ0n) is 21.1. The Kier molecular flexibility index (Phi) is 7.26. The van der Waals surface area contributed by atoms with Crippen molar-refractivity contribution in [1.29, 1.82) is 0 Å². The molecule has 0 aliphatic carbocycles. The summed E-state index contributed by atoms with van der Waals surface area (Å²) >= 11 is 0. The van der Waals surface area contributed by atoms with E-state index in [0.29, 0.717) is 54.3 Å². The fourth-order valence-electron chi connectivity index (χ4n) is 5.49. The molecule has 3 aromatic rings. The van der Waals surface area contributed by atoms with Crippen molar-refractivity contribution in [3.8, 4) is 5.75 Å². The average molecular weight is 506 g/mol. The summed E-state index contributed by atoms with van der Waals surface area (Å²) in [5.74, 6) is -0.590. The number of H-pyrrole nitrogens is 1. The number of amides is 2. The van der Waals surface area contributed by atoms with Gasteiger partial charge in [0.1, 0.15) is 11.6 Å².